The fourth-order valence-electron chi connectivity index (χ4n) is 4.76. The Morgan fingerprint density at radius 2 is 1.92 bits per heavy atom. The lowest BCUT2D eigenvalue weighted by atomic mass is 9.94. The van der Waals surface area contributed by atoms with Crippen molar-refractivity contribution in [3.8, 4) is 6.07 Å². The molecule has 10 nitrogen and oxygen atoms in total. The van der Waals surface area contributed by atoms with Crippen molar-refractivity contribution in [2.75, 3.05) is 25.0 Å². The summed E-state index contributed by atoms with van der Waals surface area (Å²) < 4.78 is 0. The van der Waals surface area contributed by atoms with Crippen LogP contribution in [0.25, 0.3) is 0 Å². The van der Waals surface area contributed by atoms with Crippen LogP contribution in [0.15, 0.2) is 34.4 Å². The highest BCUT2D eigenvalue weighted by molar-refractivity contribution is 6.60. The summed E-state index contributed by atoms with van der Waals surface area (Å²) >= 11 is 0. The first-order chi connectivity index (χ1) is 17.5. The molecule has 2 fully saturated rings. The second-order valence-corrected chi connectivity index (χ2v) is 9.72. The van der Waals surface area contributed by atoms with E-state index >= 15 is 0 Å². The van der Waals surface area contributed by atoms with Crippen molar-refractivity contribution in [3.63, 3.8) is 0 Å². The van der Waals surface area contributed by atoms with Crippen molar-refractivity contribution in [1.82, 2.24) is 9.80 Å². The van der Waals surface area contributed by atoms with E-state index in [1.165, 1.54) is 21.6 Å². The highest BCUT2D eigenvalue weighted by Gasteiger charge is 2.39. The van der Waals surface area contributed by atoms with Crippen molar-refractivity contribution in [3.05, 3.63) is 29.8 Å². The number of nitriles is 1. The lowest BCUT2D eigenvalue weighted by molar-refractivity contribution is -0.137. The number of nitrogens with two attached hydrogens (primary N) is 1. The van der Waals surface area contributed by atoms with Crippen LogP contribution in [0.1, 0.15) is 50.5 Å². The average molecular weight is 492 g/mol. The summed E-state index contributed by atoms with van der Waals surface area (Å²) in [5, 5.41) is 16.2. The number of amides is 3. The van der Waals surface area contributed by atoms with E-state index in [2.05, 4.69) is 21.5 Å². The predicted molar refractivity (Wildman–Crippen MR) is 136 cm³/mol. The Bertz CT molecular complexity index is 1070. The summed E-state index contributed by atoms with van der Waals surface area (Å²) in [4.78, 5) is 46.7. The minimum atomic E-state index is -0.728. The summed E-state index contributed by atoms with van der Waals surface area (Å²) in [5.74, 6) is 3.97. The van der Waals surface area contributed by atoms with E-state index in [1.54, 1.807) is 0 Å². The number of fused-ring (bicyclic) bond motifs is 10. The molecule has 190 valence electrons. The van der Waals surface area contributed by atoms with E-state index in [-0.39, 0.29) is 43.1 Å². The normalized spacial score (nSPS) is 24.4. The molecule has 0 radical (unpaired) electrons. The van der Waals surface area contributed by atoms with Crippen LogP contribution in [0.5, 0.6) is 0 Å². The molecule has 1 aliphatic carbocycles. The highest BCUT2D eigenvalue weighted by atomic mass is 16.2. The van der Waals surface area contributed by atoms with Gasteiger partial charge in [-0.05, 0) is 62.6 Å². The van der Waals surface area contributed by atoms with Gasteiger partial charge in [-0.2, -0.15) is 10.4 Å². The molecule has 1 saturated heterocycles. The first kappa shape index (κ1) is 25.4. The van der Waals surface area contributed by atoms with Gasteiger partial charge in [-0.15, -0.1) is 0 Å². The van der Waals surface area contributed by atoms with Crippen LogP contribution in [0, 0.1) is 17.2 Å². The molecule has 2 atom stereocenters. The maximum atomic E-state index is 13.3. The standard InChI is InChI=1S/C26H33N7O3/c27-14-22-13-19-16-33(22)24(34)17-32(26(36)23(31-28)15-29-20-6-4-7-20)12-3-1-2-5-18-8-10-21(11-9-18)30-25(19)35/h8-11,15,19-20,22H,1-7,12-13,16-17,28H2,(H,30,35)/b29-15?,31-23+. The summed E-state index contributed by atoms with van der Waals surface area (Å²) in [6.45, 7) is 0.276. The molecule has 3 amide bonds. The van der Waals surface area contributed by atoms with E-state index in [0.29, 0.717) is 18.7 Å². The predicted octanol–water partition coefficient (Wildman–Crippen LogP) is 1.86. The molecule has 2 unspecified atom stereocenters. The topological polar surface area (TPSA) is 144 Å². The number of aliphatic imine (C=N–C) groups is 1. The smallest absolute Gasteiger partial charge is 0.276 e. The largest absolute Gasteiger partial charge is 0.328 e. The van der Waals surface area contributed by atoms with Gasteiger partial charge in [-0.1, -0.05) is 18.6 Å². The molecule has 4 aliphatic rings. The van der Waals surface area contributed by atoms with Crippen LogP contribution in [0.2, 0.25) is 0 Å². The van der Waals surface area contributed by atoms with E-state index in [4.69, 9.17) is 5.84 Å². The van der Waals surface area contributed by atoms with Crippen LogP contribution in [-0.4, -0.2) is 71.2 Å². The van der Waals surface area contributed by atoms with Crippen molar-refractivity contribution in [2.24, 2.45) is 21.9 Å². The van der Waals surface area contributed by atoms with Crippen LogP contribution in [0.3, 0.4) is 0 Å². The zero-order chi connectivity index (χ0) is 25.5. The van der Waals surface area contributed by atoms with Gasteiger partial charge in [-0.25, -0.2) is 0 Å². The van der Waals surface area contributed by atoms with Crippen molar-refractivity contribution < 1.29 is 14.4 Å². The molecule has 36 heavy (non-hydrogen) atoms. The molecule has 5 rings (SSSR count). The molecule has 1 aromatic carbocycles. The number of benzene rings is 1. The van der Waals surface area contributed by atoms with Gasteiger partial charge < -0.3 is 21.0 Å². The fourth-order valence-corrected chi connectivity index (χ4v) is 4.76. The van der Waals surface area contributed by atoms with E-state index in [9.17, 15) is 19.6 Å². The number of hydrogen-bond donors (Lipinski definition) is 2. The molecule has 4 bridgehead atoms. The maximum Gasteiger partial charge on any atom is 0.276 e. The molecule has 1 saturated carbocycles. The Hall–Kier alpha value is -3.74. The number of nitrogens with zero attached hydrogens (tertiary/aromatic N) is 5. The molecule has 0 aromatic heterocycles. The average Bonchev–Trinajstić information content (AvgIpc) is 3.30. The fraction of sp³-hybridized carbons (Fsp3) is 0.538. The molecule has 3 aliphatic heterocycles. The first-order valence-electron chi connectivity index (χ1n) is 12.7. The van der Waals surface area contributed by atoms with Crippen molar-refractivity contribution >= 4 is 35.3 Å². The lowest BCUT2D eigenvalue weighted by Gasteiger charge is -2.26. The number of carbonyl (C=O) groups is 3. The van der Waals surface area contributed by atoms with E-state index in [0.717, 1.165) is 38.5 Å². The number of anilines is 1. The van der Waals surface area contributed by atoms with E-state index in [1.807, 2.05) is 24.3 Å². The minimum absolute atomic E-state index is 0.0101. The second-order valence-electron chi connectivity index (χ2n) is 9.72. The summed E-state index contributed by atoms with van der Waals surface area (Å²) in [6, 6.07) is 9.35. The zero-order valence-corrected chi connectivity index (χ0v) is 20.4. The summed E-state index contributed by atoms with van der Waals surface area (Å²) in [5.41, 5.74) is 1.87. The Balaban J connectivity index is 1.53. The number of hydrogen-bond acceptors (Lipinski definition) is 7. The van der Waals surface area contributed by atoms with Crippen molar-refractivity contribution in [1.29, 1.82) is 5.26 Å². The molecular weight excluding hydrogens is 458 g/mol. The quantitative estimate of drug-likeness (QED) is 0.377. The maximum absolute atomic E-state index is 13.3. The third-order valence-corrected chi connectivity index (χ3v) is 7.21. The summed E-state index contributed by atoms with van der Waals surface area (Å²) in [6.07, 6.45) is 8.12. The molecule has 3 N–H and O–H groups in total. The third kappa shape index (κ3) is 6.08. The first-order valence-corrected chi connectivity index (χ1v) is 12.7. The van der Waals surface area contributed by atoms with Crippen LogP contribution < -0.4 is 11.2 Å². The Morgan fingerprint density at radius 3 is 2.58 bits per heavy atom. The van der Waals surface area contributed by atoms with E-state index < -0.39 is 17.9 Å². The van der Waals surface area contributed by atoms with Gasteiger partial charge in [0.1, 0.15) is 12.6 Å². The van der Waals surface area contributed by atoms with Gasteiger partial charge in [0.25, 0.3) is 5.91 Å². The number of nitrogens with one attached hydrogen (secondary N) is 1. The highest BCUT2D eigenvalue weighted by Crippen LogP contribution is 2.25. The van der Waals surface area contributed by atoms with Gasteiger partial charge in [0, 0.05) is 18.8 Å². The molecule has 3 heterocycles. The van der Waals surface area contributed by atoms with Gasteiger partial charge in [0.2, 0.25) is 11.8 Å². The number of rotatable bonds is 3. The monoisotopic (exact) mass is 491 g/mol. The molecule has 0 spiro atoms. The SMILES string of the molecule is N#CC1CC2CN1C(=O)CN(C(=O)/C(C=NC1CCC1)=N/N)CCCCCc1ccc(cc1)NC2=O. The summed E-state index contributed by atoms with van der Waals surface area (Å²) in [7, 11) is 0. The van der Waals surface area contributed by atoms with Crippen LogP contribution in [-0.2, 0) is 20.8 Å². The van der Waals surface area contributed by atoms with Crippen LogP contribution in [0.4, 0.5) is 5.69 Å². The molecular formula is C26H33N7O3. The number of hydrazone groups is 1. The van der Waals surface area contributed by atoms with Crippen molar-refractivity contribution in [2.45, 2.75) is 63.5 Å². The lowest BCUT2D eigenvalue weighted by Crippen LogP contribution is -2.47. The molecule has 1 aromatic rings. The van der Waals surface area contributed by atoms with Gasteiger partial charge in [-0.3, -0.25) is 19.4 Å². The minimum Gasteiger partial charge on any atom is -0.328 e. The van der Waals surface area contributed by atoms with Gasteiger partial charge in [0.05, 0.1) is 24.2 Å². The van der Waals surface area contributed by atoms with Gasteiger partial charge in [0.15, 0.2) is 5.71 Å². The third-order valence-electron chi connectivity index (χ3n) is 7.21. The number of carbonyl (C=O) groups excluding carboxylic acids is 3. The Kier molecular flexibility index (Phi) is 8.31. The second kappa shape index (κ2) is 11.8. The number of aryl methyl sites for hydroxylation is 1. The van der Waals surface area contributed by atoms with Crippen LogP contribution >= 0.6 is 0 Å². The molecule has 10 heteroatoms. The zero-order valence-electron chi connectivity index (χ0n) is 20.4. The van der Waals surface area contributed by atoms with Gasteiger partial charge >= 0.3 is 0 Å². The Labute approximate surface area is 211 Å². The Morgan fingerprint density at radius 1 is 1.14 bits per heavy atom.